The van der Waals surface area contributed by atoms with E-state index in [9.17, 15) is 0 Å². The van der Waals surface area contributed by atoms with E-state index in [0.29, 0.717) is 0 Å². The standard InChI is InChI=1S/C14H18ClN3/c1-10(16-2)12-5-4-11(8-13(12)15)9-14-17-6-7-18(14)3/h4-8,10,16H,9H2,1-3H3. The van der Waals surface area contributed by atoms with Gasteiger partial charge in [0.2, 0.25) is 0 Å². The van der Waals surface area contributed by atoms with Crippen LogP contribution < -0.4 is 5.32 Å². The zero-order valence-electron chi connectivity index (χ0n) is 10.9. The number of benzene rings is 1. The maximum absolute atomic E-state index is 6.32. The lowest BCUT2D eigenvalue weighted by molar-refractivity contribution is 0.652. The van der Waals surface area contributed by atoms with Crippen LogP contribution in [0.2, 0.25) is 5.02 Å². The zero-order chi connectivity index (χ0) is 13.1. The van der Waals surface area contributed by atoms with Crippen LogP contribution in [0, 0.1) is 0 Å². The highest BCUT2D eigenvalue weighted by Crippen LogP contribution is 2.24. The fraction of sp³-hybridized carbons (Fsp3) is 0.357. The molecule has 0 radical (unpaired) electrons. The van der Waals surface area contributed by atoms with Crippen LogP contribution in [0.25, 0.3) is 0 Å². The smallest absolute Gasteiger partial charge is 0.112 e. The van der Waals surface area contributed by atoms with Crippen molar-refractivity contribution in [2.24, 2.45) is 7.05 Å². The van der Waals surface area contributed by atoms with Crippen molar-refractivity contribution in [3.8, 4) is 0 Å². The average Bonchev–Trinajstić information content (AvgIpc) is 2.74. The molecule has 0 aliphatic heterocycles. The highest BCUT2D eigenvalue weighted by molar-refractivity contribution is 6.31. The predicted molar refractivity (Wildman–Crippen MR) is 74.9 cm³/mol. The Morgan fingerprint density at radius 2 is 2.22 bits per heavy atom. The van der Waals surface area contributed by atoms with Gasteiger partial charge in [-0.25, -0.2) is 4.98 Å². The summed E-state index contributed by atoms with van der Waals surface area (Å²) in [4.78, 5) is 4.32. The molecule has 0 aliphatic carbocycles. The van der Waals surface area contributed by atoms with Crippen LogP contribution >= 0.6 is 11.6 Å². The number of aromatic nitrogens is 2. The summed E-state index contributed by atoms with van der Waals surface area (Å²) in [6, 6.07) is 6.49. The molecule has 0 saturated heterocycles. The van der Waals surface area contributed by atoms with Crippen LogP contribution in [0.4, 0.5) is 0 Å². The third kappa shape index (κ3) is 2.74. The number of aryl methyl sites for hydroxylation is 1. The number of nitrogens with one attached hydrogen (secondary N) is 1. The number of hydrogen-bond acceptors (Lipinski definition) is 2. The third-order valence-electron chi connectivity index (χ3n) is 3.25. The zero-order valence-corrected chi connectivity index (χ0v) is 11.7. The molecule has 2 aromatic rings. The van der Waals surface area contributed by atoms with Crippen LogP contribution in [-0.4, -0.2) is 16.6 Å². The van der Waals surface area contributed by atoms with Gasteiger partial charge in [0.1, 0.15) is 5.82 Å². The van der Waals surface area contributed by atoms with Gasteiger partial charge in [-0.2, -0.15) is 0 Å². The SMILES string of the molecule is CNC(C)c1ccc(Cc2nccn2C)cc1Cl. The summed E-state index contributed by atoms with van der Waals surface area (Å²) in [5.74, 6) is 1.04. The summed E-state index contributed by atoms with van der Waals surface area (Å²) >= 11 is 6.32. The maximum atomic E-state index is 6.32. The summed E-state index contributed by atoms with van der Waals surface area (Å²) in [6.45, 7) is 2.10. The molecule has 4 heteroatoms. The van der Waals surface area contributed by atoms with E-state index in [-0.39, 0.29) is 6.04 Å². The highest BCUT2D eigenvalue weighted by Gasteiger charge is 2.09. The lowest BCUT2D eigenvalue weighted by atomic mass is 10.0. The monoisotopic (exact) mass is 263 g/mol. The maximum Gasteiger partial charge on any atom is 0.112 e. The Bertz CT molecular complexity index is 534. The normalized spacial score (nSPS) is 12.7. The first-order valence-corrected chi connectivity index (χ1v) is 6.41. The molecule has 2 rings (SSSR count). The number of imidazole rings is 1. The molecule has 1 unspecified atom stereocenters. The van der Waals surface area contributed by atoms with Gasteiger partial charge in [0.15, 0.2) is 0 Å². The predicted octanol–water partition coefficient (Wildman–Crippen LogP) is 2.94. The second-order valence-electron chi connectivity index (χ2n) is 4.50. The van der Waals surface area contributed by atoms with Gasteiger partial charge < -0.3 is 9.88 Å². The average molecular weight is 264 g/mol. The Balaban J connectivity index is 2.21. The Morgan fingerprint density at radius 1 is 1.44 bits per heavy atom. The minimum Gasteiger partial charge on any atom is -0.338 e. The molecular formula is C14H18ClN3. The number of hydrogen-bond donors (Lipinski definition) is 1. The first-order chi connectivity index (χ1) is 8.61. The highest BCUT2D eigenvalue weighted by atomic mass is 35.5. The molecule has 0 aliphatic rings. The van der Waals surface area contributed by atoms with E-state index in [2.05, 4.69) is 29.4 Å². The van der Waals surface area contributed by atoms with Gasteiger partial charge in [-0.05, 0) is 31.2 Å². The Kier molecular flexibility index (Phi) is 4.04. The topological polar surface area (TPSA) is 29.9 Å². The van der Waals surface area contributed by atoms with Gasteiger partial charge in [-0.1, -0.05) is 23.7 Å². The van der Waals surface area contributed by atoms with E-state index < -0.39 is 0 Å². The van der Waals surface area contributed by atoms with Crippen LogP contribution in [0.3, 0.4) is 0 Å². The fourth-order valence-electron chi connectivity index (χ4n) is 1.94. The van der Waals surface area contributed by atoms with Gasteiger partial charge in [0.05, 0.1) is 0 Å². The van der Waals surface area contributed by atoms with Gasteiger partial charge in [-0.3, -0.25) is 0 Å². The molecule has 18 heavy (non-hydrogen) atoms. The van der Waals surface area contributed by atoms with E-state index in [0.717, 1.165) is 22.8 Å². The minimum atomic E-state index is 0.264. The molecule has 0 saturated carbocycles. The summed E-state index contributed by atoms with van der Waals surface area (Å²) in [6.07, 6.45) is 4.57. The molecule has 1 aromatic carbocycles. The van der Waals surface area contributed by atoms with Crippen molar-refractivity contribution < 1.29 is 0 Å². The number of nitrogens with zero attached hydrogens (tertiary/aromatic N) is 2. The fourth-order valence-corrected chi connectivity index (χ4v) is 2.30. The van der Waals surface area contributed by atoms with Crippen molar-refractivity contribution in [3.63, 3.8) is 0 Å². The van der Waals surface area contributed by atoms with E-state index in [1.54, 1.807) is 0 Å². The van der Waals surface area contributed by atoms with Gasteiger partial charge in [-0.15, -0.1) is 0 Å². The second-order valence-corrected chi connectivity index (χ2v) is 4.90. The lowest BCUT2D eigenvalue weighted by Crippen LogP contribution is -2.12. The van der Waals surface area contributed by atoms with Crippen LogP contribution in [0.15, 0.2) is 30.6 Å². The molecule has 0 spiro atoms. The summed E-state index contributed by atoms with van der Waals surface area (Å²) in [5, 5.41) is 4.00. The molecule has 1 N–H and O–H groups in total. The van der Waals surface area contributed by atoms with Gasteiger partial charge in [0.25, 0.3) is 0 Å². The summed E-state index contributed by atoms with van der Waals surface area (Å²) in [5.41, 5.74) is 2.31. The quantitative estimate of drug-likeness (QED) is 0.919. The van der Waals surface area contributed by atoms with E-state index >= 15 is 0 Å². The first-order valence-electron chi connectivity index (χ1n) is 6.03. The molecule has 96 valence electrons. The molecule has 0 fully saturated rings. The summed E-state index contributed by atoms with van der Waals surface area (Å²) < 4.78 is 2.03. The van der Waals surface area contributed by atoms with E-state index in [4.69, 9.17) is 11.6 Å². The van der Waals surface area contributed by atoms with Crippen molar-refractivity contribution >= 4 is 11.6 Å². The van der Waals surface area contributed by atoms with Crippen molar-refractivity contribution in [1.82, 2.24) is 14.9 Å². The number of halogens is 1. The Morgan fingerprint density at radius 3 is 2.78 bits per heavy atom. The van der Waals surface area contributed by atoms with Crippen molar-refractivity contribution in [1.29, 1.82) is 0 Å². The first kappa shape index (κ1) is 13.1. The van der Waals surface area contributed by atoms with Crippen molar-refractivity contribution in [2.45, 2.75) is 19.4 Å². The van der Waals surface area contributed by atoms with Crippen molar-refractivity contribution in [3.05, 3.63) is 52.6 Å². The molecule has 0 bridgehead atoms. The summed E-state index contributed by atoms with van der Waals surface area (Å²) in [7, 11) is 3.93. The Labute approximate surface area is 113 Å². The van der Waals surface area contributed by atoms with Crippen LogP contribution in [0.5, 0.6) is 0 Å². The molecule has 1 aromatic heterocycles. The molecule has 1 heterocycles. The minimum absolute atomic E-state index is 0.264. The molecule has 0 amide bonds. The van der Waals surface area contributed by atoms with Gasteiger partial charge in [0, 0.05) is 36.9 Å². The van der Waals surface area contributed by atoms with E-state index in [1.807, 2.05) is 37.1 Å². The molecule has 3 nitrogen and oxygen atoms in total. The van der Waals surface area contributed by atoms with E-state index in [1.165, 1.54) is 5.56 Å². The lowest BCUT2D eigenvalue weighted by Gasteiger charge is -2.13. The van der Waals surface area contributed by atoms with Gasteiger partial charge >= 0.3 is 0 Å². The molecular weight excluding hydrogens is 246 g/mol. The van der Waals surface area contributed by atoms with Crippen LogP contribution in [0.1, 0.15) is 29.9 Å². The number of rotatable bonds is 4. The van der Waals surface area contributed by atoms with Crippen LogP contribution in [-0.2, 0) is 13.5 Å². The third-order valence-corrected chi connectivity index (χ3v) is 3.57. The Hall–Kier alpha value is -1.32. The molecule has 1 atom stereocenters. The van der Waals surface area contributed by atoms with Crippen molar-refractivity contribution in [2.75, 3.05) is 7.05 Å². The largest absolute Gasteiger partial charge is 0.338 e. The second kappa shape index (κ2) is 5.55.